The van der Waals surface area contributed by atoms with Crippen molar-refractivity contribution in [2.45, 2.75) is 26.3 Å². The van der Waals surface area contributed by atoms with E-state index in [2.05, 4.69) is 26.1 Å². The van der Waals surface area contributed by atoms with E-state index in [1.54, 1.807) is 6.07 Å². The van der Waals surface area contributed by atoms with Crippen LogP contribution in [-0.2, 0) is 0 Å². The minimum Gasteiger partial charge on any atom is -0.332 e. The summed E-state index contributed by atoms with van der Waals surface area (Å²) in [6.07, 6.45) is 1.16. The fourth-order valence-electron chi connectivity index (χ4n) is 1.67. The molecule has 0 saturated carbocycles. The lowest BCUT2D eigenvalue weighted by Gasteiger charge is -2.21. The third-order valence-corrected chi connectivity index (χ3v) is 2.69. The lowest BCUT2D eigenvalue weighted by molar-refractivity contribution is -0.383. The van der Waals surface area contributed by atoms with Crippen molar-refractivity contribution in [1.82, 2.24) is 15.4 Å². The highest BCUT2D eigenvalue weighted by molar-refractivity contribution is 5.73. The number of hydrogen-bond donors (Lipinski definition) is 3. The van der Waals surface area contributed by atoms with Crippen molar-refractivity contribution in [1.29, 1.82) is 0 Å². The highest BCUT2D eigenvalue weighted by atomic mass is 19.1. The van der Waals surface area contributed by atoms with E-state index in [1.807, 2.05) is 20.8 Å². The van der Waals surface area contributed by atoms with E-state index < -0.39 is 10.7 Å². The molecule has 3 N–H and O–H groups in total. The molecule has 1 aromatic carbocycles. The van der Waals surface area contributed by atoms with Gasteiger partial charge in [-0.3, -0.25) is 15.5 Å². The lowest BCUT2D eigenvalue weighted by Crippen LogP contribution is -2.40. The maximum absolute atomic E-state index is 13.7. The first-order chi connectivity index (χ1) is 10.8. The number of nitrogens with one attached hydrogen (secondary N) is 3. The number of hydrogen-bond acceptors (Lipinski definition) is 7. The van der Waals surface area contributed by atoms with Crippen molar-refractivity contribution >= 4 is 23.0 Å². The Labute approximate surface area is 132 Å². The molecule has 0 aliphatic carbocycles. The first kappa shape index (κ1) is 16.6. The topological polar surface area (TPSA) is 105 Å². The predicted molar refractivity (Wildman–Crippen MR) is 84.9 cm³/mol. The summed E-state index contributed by atoms with van der Waals surface area (Å²) in [7, 11) is 0. The van der Waals surface area contributed by atoms with E-state index in [0.29, 0.717) is 0 Å². The van der Waals surface area contributed by atoms with E-state index in [9.17, 15) is 14.5 Å². The minimum atomic E-state index is -0.629. The molecule has 8 nitrogen and oxygen atoms in total. The number of nitro groups is 1. The molecule has 1 heterocycles. The van der Waals surface area contributed by atoms with Gasteiger partial charge >= 0.3 is 5.69 Å². The number of aromatic nitrogens is 2. The van der Waals surface area contributed by atoms with Gasteiger partial charge < -0.3 is 5.32 Å². The SMILES string of the molecule is CC(C)(C)NNc1ncnc(Nc2ccccc2F)c1[N+](=O)[O-]. The second-order valence-corrected chi connectivity index (χ2v) is 5.78. The van der Waals surface area contributed by atoms with Crippen LogP contribution in [0.4, 0.5) is 27.4 Å². The van der Waals surface area contributed by atoms with Gasteiger partial charge in [-0.05, 0) is 32.9 Å². The highest BCUT2D eigenvalue weighted by Gasteiger charge is 2.24. The predicted octanol–water partition coefficient (Wildman–Crippen LogP) is 2.98. The van der Waals surface area contributed by atoms with Gasteiger partial charge in [0.15, 0.2) is 0 Å². The van der Waals surface area contributed by atoms with Gasteiger partial charge in [0.05, 0.1) is 10.6 Å². The zero-order chi connectivity index (χ0) is 17.0. The van der Waals surface area contributed by atoms with Crippen LogP contribution < -0.4 is 16.2 Å². The number of para-hydroxylation sites is 1. The van der Waals surface area contributed by atoms with Crippen molar-refractivity contribution in [3.8, 4) is 0 Å². The summed E-state index contributed by atoms with van der Waals surface area (Å²) in [6.45, 7) is 5.64. The normalized spacial score (nSPS) is 11.1. The van der Waals surface area contributed by atoms with Crippen LogP contribution in [0.2, 0.25) is 0 Å². The van der Waals surface area contributed by atoms with Gasteiger partial charge in [0.25, 0.3) is 0 Å². The minimum absolute atomic E-state index is 0.0150. The van der Waals surface area contributed by atoms with Crippen LogP contribution in [0.3, 0.4) is 0 Å². The molecular weight excluding hydrogens is 303 g/mol. The Hall–Kier alpha value is -2.81. The standard InChI is InChI=1S/C14H17FN6O2/c1-14(2,3)20-19-13-11(21(22)23)12(16-8-17-13)18-10-7-5-4-6-9(10)15/h4-8,20H,1-3H3,(H2,16,17,18,19). The number of benzene rings is 1. The summed E-state index contributed by atoms with van der Waals surface area (Å²) in [5, 5.41) is 14.0. The van der Waals surface area contributed by atoms with Crippen LogP contribution >= 0.6 is 0 Å². The largest absolute Gasteiger partial charge is 0.354 e. The van der Waals surface area contributed by atoms with E-state index in [-0.39, 0.29) is 28.5 Å². The monoisotopic (exact) mass is 320 g/mol. The fourth-order valence-corrected chi connectivity index (χ4v) is 1.67. The molecule has 0 fully saturated rings. The molecule has 0 aliphatic rings. The summed E-state index contributed by atoms with van der Waals surface area (Å²) in [4.78, 5) is 18.4. The Balaban J connectivity index is 2.36. The van der Waals surface area contributed by atoms with Gasteiger partial charge in [0, 0.05) is 5.54 Å². The molecule has 0 radical (unpaired) electrons. The lowest BCUT2D eigenvalue weighted by atomic mass is 10.1. The molecule has 0 saturated heterocycles. The molecule has 9 heteroatoms. The molecule has 2 aromatic rings. The molecule has 0 atom stereocenters. The third-order valence-electron chi connectivity index (χ3n) is 2.69. The van der Waals surface area contributed by atoms with Crippen molar-refractivity contribution in [2.24, 2.45) is 0 Å². The van der Waals surface area contributed by atoms with Crippen LogP contribution in [-0.4, -0.2) is 20.4 Å². The summed E-state index contributed by atoms with van der Waals surface area (Å²) in [5.74, 6) is -0.658. The first-order valence-electron chi connectivity index (χ1n) is 6.82. The smallest absolute Gasteiger partial charge is 0.332 e. The average molecular weight is 320 g/mol. The van der Waals surface area contributed by atoms with Crippen molar-refractivity contribution < 1.29 is 9.31 Å². The molecule has 0 unspecified atom stereocenters. The second-order valence-electron chi connectivity index (χ2n) is 5.78. The second kappa shape index (κ2) is 6.53. The number of halogens is 1. The number of hydrazine groups is 1. The van der Waals surface area contributed by atoms with Crippen LogP contribution in [0.1, 0.15) is 20.8 Å². The van der Waals surface area contributed by atoms with Gasteiger partial charge in [-0.25, -0.2) is 19.8 Å². The fraction of sp³-hybridized carbons (Fsp3) is 0.286. The Kier molecular flexibility index (Phi) is 4.70. The van der Waals surface area contributed by atoms with Crippen molar-refractivity contribution in [3.05, 3.63) is 46.5 Å². The van der Waals surface area contributed by atoms with Gasteiger partial charge in [-0.1, -0.05) is 12.1 Å². The van der Waals surface area contributed by atoms with E-state index in [1.165, 1.54) is 18.2 Å². The maximum atomic E-state index is 13.7. The summed E-state index contributed by atoms with van der Waals surface area (Å²) in [6, 6.07) is 5.84. The van der Waals surface area contributed by atoms with Gasteiger partial charge in [0.2, 0.25) is 11.6 Å². The van der Waals surface area contributed by atoms with Crippen LogP contribution in [0.5, 0.6) is 0 Å². The molecule has 0 aliphatic heterocycles. The maximum Gasteiger partial charge on any atom is 0.354 e. The van der Waals surface area contributed by atoms with E-state index in [0.717, 1.165) is 6.33 Å². The quantitative estimate of drug-likeness (QED) is 0.574. The zero-order valence-corrected chi connectivity index (χ0v) is 12.9. The Morgan fingerprint density at radius 3 is 2.43 bits per heavy atom. The Morgan fingerprint density at radius 2 is 1.83 bits per heavy atom. The van der Waals surface area contributed by atoms with Gasteiger partial charge in [-0.2, -0.15) is 0 Å². The molecule has 0 spiro atoms. The number of nitrogens with zero attached hydrogens (tertiary/aromatic N) is 3. The third kappa shape index (κ3) is 4.33. The van der Waals surface area contributed by atoms with Gasteiger partial charge in [0.1, 0.15) is 12.1 Å². The van der Waals surface area contributed by atoms with E-state index >= 15 is 0 Å². The van der Waals surface area contributed by atoms with Crippen molar-refractivity contribution in [3.63, 3.8) is 0 Å². The molecule has 1 aromatic heterocycles. The van der Waals surface area contributed by atoms with Gasteiger partial charge in [-0.15, -0.1) is 0 Å². The summed E-state index contributed by atoms with van der Waals surface area (Å²) in [5.41, 5.74) is 4.96. The van der Waals surface area contributed by atoms with E-state index in [4.69, 9.17) is 0 Å². The molecular formula is C14H17FN6O2. The van der Waals surface area contributed by atoms with Crippen molar-refractivity contribution in [2.75, 3.05) is 10.7 Å². The van der Waals surface area contributed by atoms with Crippen LogP contribution in [0.25, 0.3) is 0 Å². The number of rotatable bonds is 5. The Morgan fingerprint density at radius 1 is 1.17 bits per heavy atom. The molecule has 2 rings (SSSR count). The number of anilines is 3. The average Bonchev–Trinajstić information content (AvgIpc) is 2.46. The Bertz CT molecular complexity index is 717. The molecule has 0 amide bonds. The zero-order valence-electron chi connectivity index (χ0n) is 12.9. The summed E-state index contributed by atoms with van der Waals surface area (Å²) >= 11 is 0. The molecule has 0 bridgehead atoms. The highest BCUT2D eigenvalue weighted by Crippen LogP contribution is 2.31. The first-order valence-corrected chi connectivity index (χ1v) is 6.82. The van der Waals surface area contributed by atoms with Crippen LogP contribution in [0, 0.1) is 15.9 Å². The molecule has 23 heavy (non-hydrogen) atoms. The summed E-state index contributed by atoms with van der Waals surface area (Å²) < 4.78 is 13.7. The van der Waals surface area contributed by atoms with Crippen LogP contribution in [0.15, 0.2) is 30.6 Å². The molecule has 122 valence electrons.